The third-order valence-corrected chi connectivity index (χ3v) is 10.9. The molecule has 11 heteroatoms. The highest BCUT2D eigenvalue weighted by molar-refractivity contribution is 7.89. The standard InChI is InChI=1S/C31H43N5O5S/c1-21-19-22(2)33-30(37)27(21)20-32-31(38)29-24(4)36(28-8-6-5-7-26(28)29)23(3)25-9-11-35(12-10-25)42(39,40)18-15-34-13-16-41-17-14-34/h5-8,19,23,25H,9-18,20H2,1-4H3,(H,32,38)(H,33,37). The van der Waals surface area contributed by atoms with Crippen molar-refractivity contribution in [3.8, 4) is 0 Å². The van der Waals surface area contributed by atoms with E-state index in [1.165, 1.54) is 0 Å². The van der Waals surface area contributed by atoms with Crippen LogP contribution in [0.5, 0.6) is 0 Å². The quantitative estimate of drug-likeness (QED) is 0.392. The van der Waals surface area contributed by atoms with Gasteiger partial charge >= 0.3 is 0 Å². The SMILES string of the molecule is Cc1cc(C)c(CNC(=O)c2c(C)n(C(C)C3CCN(S(=O)(=O)CCN4CCOCC4)CC3)c3ccccc23)c(=O)[nH]1. The summed E-state index contributed by atoms with van der Waals surface area (Å²) in [6.07, 6.45) is 1.53. The number of H-pyrrole nitrogens is 1. The Hall–Kier alpha value is -2.99. The molecule has 2 N–H and O–H groups in total. The van der Waals surface area contributed by atoms with Crippen LogP contribution in [0.2, 0.25) is 0 Å². The molecule has 1 aromatic carbocycles. The number of aromatic nitrogens is 2. The molecule has 2 aliphatic rings. The number of aromatic amines is 1. The summed E-state index contributed by atoms with van der Waals surface area (Å²) in [5.41, 5.74) is 4.47. The summed E-state index contributed by atoms with van der Waals surface area (Å²) in [4.78, 5) is 31.0. The van der Waals surface area contributed by atoms with Gasteiger partial charge < -0.3 is 19.6 Å². The Morgan fingerprint density at radius 3 is 2.48 bits per heavy atom. The van der Waals surface area contributed by atoms with Gasteiger partial charge in [-0.05, 0) is 64.2 Å². The summed E-state index contributed by atoms with van der Waals surface area (Å²) in [6, 6.07) is 9.90. The summed E-state index contributed by atoms with van der Waals surface area (Å²) in [5.74, 6) is 0.200. The molecule has 4 heterocycles. The van der Waals surface area contributed by atoms with E-state index in [2.05, 4.69) is 26.7 Å². The van der Waals surface area contributed by atoms with Gasteiger partial charge in [0.2, 0.25) is 10.0 Å². The first-order chi connectivity index (χ1) is 20.1. The maximum absolute atomic E-state index is 13.6. The molecule has 5 rings (SSSR count). The second-order valence-corrected chi connectivity index (χ2v) is 13.8. The molecule has 2 fully saturated rings. The highest BCUT2D eigenvalue weighted by Crippen LogP contribution is 2.36. The molecule has 1 atom stereocenters. The fraction of sp³-hybridized carbons (Fsp3) is 0.548. The molecule has 1 amide bonds. The monoisotopic (exact) mass is 597 g/mol. The van der Waals surface area contributed by atoms with Crippen LogP contribution in [0, 0.1) is 26.7 Å². The minimum Gasteiger partial charge on any atom is -0.379 e. The number of fused-ring (bicyclic) bond motifs is 1. The maximum atomic E-state index is 13.6. The van der Waals surface area contributed by atoms with E-state index >= 15 is 0 Å². The first-order valence-corrected chi connectivity index (χ1v) is 16.5. The molecule has 0 bridgehead atoms. The van der Waals surface area contributed by atoms with Gasteiger partial charge in [0.15, 0.2) is 0 Å². The van der Waals surface area contributed by atoms with E-state index in [1.807, 2.05) is 51.1 Å². The van der Waals surface area contributed by atoms with Gasteiger partial charge in [-0.3, -0.25) is 14.5 Å². The highest BCUT2D eigenvalue weighted by atomic mass is 32.2. The van der Waals surface area contributed by atoms with Gasteiger partial charge in [-0.25, -0.2) is 12.7 Å². The normalized spacial score (nSPS) is 18.4. The topological polar surface area (TPSA) is 117 Å². The molecule has 228 valence electrons. The number of benzene rings is 1. The highest BCUT2D eigenvalue weighted by Gasteiger charge is 2.33. The van der Waals surface area contributed by atoms with Crippen LogP contribution < -0.4 is 10.9 Å². The molecule has 3 aromatic rings. The zero-order chi connectivity index (χ0) is 30.0. The number of carbonyl (C=O) groups excluding carboxylic acids is 1. The molecule has 0 saturated carbocycles. The first-order valence-electron chi connectivity index (χ1n) is 14.9. The third kappa shape index (κ3) is 6.34. The third-order valence-electron chi connectivity index (χ3n) is 9.05. The summed E-state index contributed by atoms with van der Waals surface area (Å²) in [5, 5.41) is 3.86. The van der Waals surface area contributed by atoms with E-state index in [9.17, 15) is 18.0 Å². The van der Waals surface area contributed by atoms with Gasteiger partial charge in [0, 0.05) is 73.2 Å². The number of hydrogen-bond acceptors (Lipinski definition) is 6. The number of sulfonamides is 1. The Kier molecular flexibility index (Phi) is 9.22. The molecular formula is C31H43N5O5S. The Morgan fingerprint density at radius 1 is 1.10 bits per heavy atom. The molecule has 1 unspecified atom stereocenters. The van der Waals surface area contributed by atoms with E-state index < -0.39 is 10.0 Å². The fourth-order valence-corrected chi connectivity index (χ4v) is 8.12. The van der Waals surface area contributed by atoms with Gasteiger partial charge in [0.1, 0.15) is 0 Å². The fourth-order valence-electron chi connectivity index (χ4n) is 6.61. The van der Waals surface area contributed by atoms with Gasteiger partial charge in [-0.15, -0.1) is 0 Å². The number of carbonyl (C=O) groups is 1. The Labute approximate surface area is 248 Å². The van der Waals surface area contributed by atoms with E-state index in [0.29, 0.717) is 44.0 Å². The van der Waals surface area contributed by atoms with Gasteiger partial charge in [0.25, 0.3) is 11.5 Å². The summed E-state index contributed by atoms with van der Waals surface area (Å²) >= 11 is 0. The van der Waals surface area contributed by atoms with Crippen LogP contribution in [0.1, 0.15) is 58.7 Å². The van der Waals surface area contributed by atoms with Gasteiger partial charge in [-0.1, -0.05) is 18.2 Å². The zero-order valence-corrected chi connectivity index (χ0v) is 25.9. The lowest BCUT2D eigenvalue weighted by Gasteiger charge is -2.36. The van der Waals surface area contributed by atoms with Gasteiger partial charge in [-0.2, -0.15) is 0 Å². The molecule has 0 radical (unpaired) electrons. The number of amides is 1. The molecular weight excluding hydrogens is 554 g/mol. The largest absolute Gasteiger partial charge is 0.379 e. The van der Waals surface area contributed by atoms with Crippen molar-refractivity contribution in [3.05, 3.63) is 68.8 Å². The van der Waals surface area contributed by atoms with E-state index in [0.717, 1.165) is 53.8 Å². The average molecular weight is 598 g/mol. The van der Waals surface area contributed by atoms with Crippen LogP contribution in [0.25, 0.3) is 10.9 Å². The maximum Gasteiger partial charge on any atom is 0.254 e. The van der Waals surface area contributed by atoms with Gasteiger partial charge in [0.05, 0.1) is 24.5 Å². The number of rotatable bonds is 9. The van der Waals surface area contributed by atoms with Crippen molar-refractivity contribution in [1.82, 2.24) is 24.1 Å². The van der Waals surface area contributed by atoms with Crippen LogP contribution in [0.3, 0.4) is 0 Å². The Bertz CT molecular complexity index is 1600. The lowest BCUT2D eigenvalue weighted by atomic mass is 9.91. The van der Waals surface area contributed by atoms with Crippen LogP contribution >= 0.6 is 0 Å². The molecule has 0 spiro atoms. The molecule has 0 aliphatic carbocycles. The lowest BCUT2D eigenvalue weighted by Crippen LogP contribution is -2.45. The Morgan fingerprint density at radius 2 is 1.79 bits per heavy atom. The second-order valence-electron chi connectivity index (χ2n) is 11.7. The predicted molar refractivity (Wildman–Crippen MR) is 164 cm³/mol. The van der Waals surface area contributed by atoms with E-state index in [1.54, 1.807) is 4.31 Å². The van der Waals surface area contributed by atoms with Crippen molar-refractivity contribution in [2.45, 2.75) is 53.1 Å². The second kappa shape index (κ2) is 12.7. The number of aryl methyl sites for hydroxylation is 2. The van der Waals surface area contributed by atoms with E-state index in [-0.39, 0.29) is 35.7 Å². The van der Waals surface area contributed by atoms with Crippen molar-refractivity contribution in [2.24, 2.45) is 5.92 Å². The minimum atomic E-state index is -3.32. The number of nitrogens with zero attached hydrogens (tertiary/aromatic N) is 3. The number of nitrogens with one attached hydrogen (secondary N) is 2. The molecule has 2 saturated heterocycles. The molecule has 2 aromatic heterocycles. The van der Waals surface area contributed by atoms with E-state index in [4.69, 9.17) is 4.74 Å². The number of ether oxygens (including phenoxy) is 1. The number of morpholine rings is 1. The Balaban J connectivity index is 1.29. The zero-order valence-electron chi connectivity index (χ0n) is 25.1. The van der Waals surface area contributed by atoms with Crippen LogP contribution in [-0.2, 0) is 21.3 Å². The van der Waals surface area contributed by atoms with Crippen molar-refractivity contribution >= 4 is 26.8 Å². The number of pyridine rings is 1. The number of hydrogen-bond donors (Lipinski definition) is 2. The van der Waals surface area contributed by atoms with Crippen LogP contribution in [0.15, 0.2) is 35.1 Å². The van der Waals surface area contributed by atoms with Crippen LogP contribution in [0.4, 0.5) is 0 Å². The van der Waals surface area contributed by atoms with Crippen LogP contribution in [-0.4, -0.2) is 84.8 Å². The minimum absolute atomic E-state index is 0.0804. The number of para-hydroxylation sites is 1. The van der Waals surface area contributed by atoms with Crippen molar-refractivity contribution < 1.29 is 17.9 Å². The number of piperidine rings is 1. The van der Waals surface area contributed by atoms with Crippen molar-refractivity contribution in [1.29, 1.82) is 0 Å². The molecule has 42 heavy (non-hydrogen) atoms. The molecule has 10 nitrogen and oxygen atoms in total. The predicted octanol–water partition coefficient (Wildman–Crippen LogP) is 3.12. The first kappa shape index (κ1) is 30.5. The summed E-state index contributed by atoms with van der Waals surface area (Å²) in [6.45, 7) is 12.4. The summed E-state index contributed by atoms with van der Waals surface area (Å²) < 4.78 is 35.5. The summed E-state index contributed by atoms with van der Waals surface area (Å²) in [7, 11) is -3.32. The van der Waals surface area contributed by atoms with Crippen molar-refractivity contribution in [2.75, 3.05) is 51.7 Å². The average Bonchev–Trinajstić information content (AvgIpc) is 3.27. The smallest absolute Gasteiger partial charge is 0.254 e. The molecule has 2 aliphatic heterocycles. The van der Waals surface area contributed by atoms with Crippen molar-refractivity contribution in [3.63, 3.8) is 0 Å². The lowest BCUT2D eigenvalue weighted by molar-refractivity contribution is 0.0406.